The molecule has 0 unspecified atom stereocenters. The highest BCUT2D eigenvalue weighted by molar-refractivity contribution is 5.79. The van der Waals surface area contributed by atoms with Gasteiger partial charge in [0.2, 0.25) is 0 Å². The van der Waals surface area contributed by atoms with Gasteiger partial charge >= 0.3 is 0 Å². The molecule has 1 fully saturated rings. The second kappa shape index (κ2) is 6.65. The molecule has 124 valence electrons. The summed E-state index contributed by atoms with van der Waals surface area (Å²) in [7, 11) is 0. The second-order valence-corrected chi connectivity index (χ2v) is 6.73. The van der Waals surface area contributed by atoms with Crippen LogP contribution in [0.3, 0.4) is 0 Å². The molecule has 2 aromatic carbocycles. The van der Waals surface area contributed by atoms with E-state index in [1.807, 2.05) is 6.92 Å². The van der Waals surface area contributed by atoms with Crippen LogP contribution in [-0.4, -0.2) is 34.0 Å². The van der Waals surface area contributed by atoms with Crippen LogP contribution in [0.2, 0.25) is 0 Å². The Kier molecular flexibility index (Phi) is 4.22. The molecule has 0 amide bonds. The average molecular weight is 320 g/mol. The lowest BCUT2D eigenvalue weighted by Gasteiger charge is -2.32. The molecule has 24 heavy (non-hydrogen) atoms. The van der Waals surface area contributed by atoms with Gasteiger partial charge in [-0.3, -0.25) is 4.90 Å². The van der Waals surface area contributed by atoms with Crippen molar-refractivity contribution in [3.63, 3.8) is 0 Å². The SMILES string of the molecule is Cc1nc2ccc(NC3CCN(Cc4ccccc4)CC3)cc2[nH]1. The van der Waals surface area contributed by atoms with E-state index in [0.717, 1.165) is 36.5 Å². The number of nitrogens with one attached hydrogen (secondary N) is 2. The van der Waals surface area contributed by atoms with Gasteiger partial charge in [0.15, 0.2) is 0 Å². The number of hydrogen-bond acceptors (Lipinski definition) is 3. The third kappa shape index (κ3) is 3.44. The number of benzene rings is 2. The largest absolute Gasteiger partial charge is 0.382 e. The van der Waals surface area contributed by atoms with Gasteiger partial charge in [0.25, 0.3) is 0 Å². The Morgan fingerprint density at radius 2 is 1.92 bits per heavy atom. The van der Waals surface area contributed by atoms with E-state index < -0.39 is 0 Å². The van der Waals surface area contributed by atoms with Crippen LogP contribution in [0.1, 0.15) is 24.2 Å². The Labute approximate surface area is 142 Å². The van der Waals surface area contributed by atoms with Crippen LogP contribution in [0, 0.1) is 6.92 Å². The van der Waals surface area contributed by atoms with Gasteiger partial charge in [-0.15, -0.1) is 0 Å². The number of piperidine rings is 1. The summed E-state index contributed by atoms with van der Waals surface area (Å²) in [5.74, 6) is 0.969. The van der Waals surface area contributed by atoms with E-state index in [9.17, 15) is 0 Å². The third-order valence-corrected chi connectivity index (χ3v) is 4.81. The first-order valence-electron chi connectivity index (χ1n) is 8.75. The van der Waals surface area contributed by atoms with Crippen molar-refractivity contribution in [1.29, 1.82) is 0 Å². The molecule has 1 saturated heterocycles. The molecule has 4 heteroatoms. The molecule has 2 heterocycles. The quantitative estimate of drug-likeness (QED) is 0.765. The van der Waals surface area contributed by atoms with Gasteiger partial charge in [0.1, 0.15) is 5.82 Å². The maximum Gasteiger partial charge on any atom is 0.104 e. The van der Waals surface area contributed by atoms with Crippen molar-refractivity contribution in [2.24, 2.45) is 0 Å². The van der Waals surface area contributed by atoms with Crippen LogP contribution in [-0.2, 0) is 6.54 Å². The predicted molar refractivity (Wildman–Crippen MR) is 99.2 cm³/mol. The number of imidazole rings is 1. The molecular formula is C20H24N4. The van der Waals surface area contributed by atoms with E-state index in [1.165, 1.54) is 24.1 Å². The Hall–Kier alpha value is -2.33. The minimum Gasteiger partial charge on any atom is -0.382 e. The van der Waals surface area contributed by atoms with Crippen LogP contribution < -0.4 is 5.32 Å². The molecule has 1 aromatic heterocycles. The zero-order valence-electron chi connectivity index (χ0n) is 14.1. The van der Waals surface area contributed by atoms with Crippen LogP contribution in [0.15, 0.2) is 48.5 Å². The first-order valence-corrected chi connectivity index (χ1v) is 8.75. The van der Waals surface area contributed by atoms with Crippen LogP contribution in [0.25, 0.3) is 11.0 Å². The molecule has 4 nitrogen and oxygen atoms in total. The topological polar surface area (TPSA) is 44.0 Å². The minimum atomic E-state index is 0.554. The van der Waals surface area contributed by atoms with Crippen LogP contribution in [0.4, 0.5) is 5.69 Å². The van der Waals surface area contributed by atoms with E-state index in [0.29, 0.717) is 6.04 Å². The normalized spacial score (nSPS) is 16.5. The molecule has 0 aliphatic carbocycles. The summed E-state index contributed by atoms with van der Waals surface area (Å²) in [5, 5.41) is 3.69. The lowest BCUT2D eigenvalue weighted by Crippen LogP contribution is -2.38. The number of fused-ring (bicyclic) bond motifs is 1. The average Bonchev–Trinajstić information content (AvgIpc) is 2.97. The van der Waals surface area contributed by atoms with Gasteiger partial charge < -0.3 is 10.3 Å². The number of likely N-dealkylation sites (tertiary alicyclic amines) is 1. The summed E-state index contributed by atoms with van der Waals surface area (Å²) < 4.78 is 0. The van der Waals surface area contributed by atoms with E-state index in [-0.39, 0.29) is 0 Å². The first kappa shape index (κ1) is 15.2. The highest BCUT2D eigenvalue weighted by atomic mass is 15.1. The summed E-state index contributed by atoms with van der Waals surface area (Å²) in [4.78, 5) is 10.3. The van der Waals surface area contributed by atoms with Gasteiger partial charge in [0.05, 0.1) is 11.0 Å². The number of hydrogen-bond donors (Lipinski definition) is 2. The smallest absolute Gasteiger partial charge is 0.104 e. The Morgan fingerprint density at radius 1 is 1.12 bits per heavy atom. The lowest BCUT2D eigenvalue weighted by molar-refractivity contribution is 0.211. The number of H-pyrrole nitrogens is 1. The molecule has 0 saturated carbocycles. The first-order chi connectivity index (χ1) is 11.8. The van der Waals surface area contributed by atoms with Crippen molar-refractivity contribution < 1.29 is 0 Å². The summed E-state index contributed by atoms with van der Waals surface area (Å²) >= 11 is 0. The number of aromatic nitrogens is 2. The predicted octanol–water partition coefficient (Wildman–Crippen LogP) is 3.95. The highest BCUT2D eigenvalue weighted by Crippen LogP contribution is 2.21. The standard InChI is InChI=1S/C20H24N4/c1-15-21-19-8-7-18(13-20(19)22-15)23-17-9-11-24(12-10-17)14-16-5-3-2-4-6-16/h2-8,13,17,23H,9-12,14H2,1H3,(H,21,22). The van der Waals surface area contributed by atoms with Crippen molar-refractivity contribution in [3.05, 3.63) is 59.9 Å². The number of aryl methyl sites for hydroxylation is 1. The Balaban J connectivity index is 1.33. The minimum absolute atomic E-state index is 0.554. The fraction of sp³-hybridized carbons (Fsp3) is 0.350. The van der Waals surface area contributed by atoms with E-state index in [4.69, 9.17) is 0 Å². The Bertz CT molecular complexity index is 801. The molecule has 1 aliphatic heterocycles. The second-order valence-electron chi connectivity index (χ2n) is 6.73. The fourth-order valence-electron chi connectivity index (χ4n) is 3.54. The number of nitrogens with zero attached hydrogens (tertiary/aromatic N) is 2. The molecule has 4 rings (SSSR count). The molecule has 2 N–H and O–H groups in total. The van der Waals surface area contributed by atoms with Crippen LogP contribution in [0.5, 0.6) is 0 Å². The zero-order chi connectivity index (χ0) is 16.4. The van der Waals surface area contributed by atoms with E-state index in [1.54, 1.807) is 0 Å². The molecule has 0 spiro atoms. The zero-order valence-corrected chi connectivity index (χ0v) is 14.1. The summed E-state index contributed by atoms with van der Waals surface area (Å²) in [6, 6.07) is 17.7. The molecule has 3 aromatic rings. The van der Waals surface area contributed by atoms with E-state index >= 15 is 0 Å². The van der Waals surface area contributed by atoms with Crippen molar-refractivity contribution >= 4 is 16.7 Å². The van der Waals surface area contributed by atoms with Gasteiger partial charge in [0, 0.05) is 31.4 Å². The van der Waals surface area contributed by atoms with Gasteiger partial charge in [-0.2, -0.15) is 0 Å². The number of aromatic amines is 1. The molecule has 0 radical (unpaired) electrons. The maximum atomic E-state index is 4.46. The highest BCUT2D eigenvalue weighted by Gasteiger charge is 2.19. The summed E-state index contributed by atoms with van der Waals surface area (Å²) in [6.45, 7) is 5.36. The maximum absolute atomic E-state index is 4.46. The van der Waals surface area contributed by atoms with Crippen molar-refractivity contribution in [1.82, 2.24) is 14.9 Å². The summed E-state index contributed by atoms with van der Waals surface area (Å²) in [5.41, 5.74) is 4.74. The summed E-state index contributed by atoms with van der Waals surface area (Å²) in [6.07, 6.45) is 2.37. The van der Waals surface area contributed by atoms with E-state index in [2.05, 4.69) is 68.7 Å². The van der Waals surface area contributed by atoms with Gasteiger partial charge in [-0.25, -0.2) is 4.98 Å². The lowest BCUT2D eigenvalue weighted by atomic mass is 10.0. The Morgan fingerprint density at radius 3 is 2.71 bits per heavy atom. The number of anilines is 1. The molecule has 0 atom stereocenters. The van der Waals surface area contributed by atoms with Gasteiger partial charge in [-0.05, 0) is 43.5 Å². The third-order valence-electron chi connectivity index (χ3n) is 4.81. The monoisotopic (exact) mass is 320 g/mol. The van der Waals surface area contributed by atoms with Crippen LogP contribution >= 0.6 is 0 Å². The van der Waals surface area contributed by atoms with Crippen molar-refractivity contribution in [2.75, 3.05) is 18.4 Å². The van der Waals surface area contributed by atoms with Crippen molar-refractivity contribution in [3.8, 4) is 0 Å². The van der Waals surface area contributed by atoms with Crippen molar-refractivity contribution in [2.45, 2.75) is 32.4 Å². The molecular weight excluding hydrogens is 296 g/mol. The van der Waals surface area contributed by atoms with Gasteiger partial charge in [-0.1, -0.05) is 30.3 Å². The number of rotatable bonds is 4. The molecule has 0 bridgehead atoms. The molecule has 1 aliphatic rings. The fourth-order valence-corrected chi connectivity index (χ4v) is 3.54.